The van der Waals surface area contributed by atoms with Crippen molar-refractivity contribution in [1.29, 1.82) is 0 Å². The van der Waals surface area contributed by atoms with Crippen molar-refractivity contribution in [3.05, 3.63) is 57.6 Å². The van der Waals surface area contributed by atoms with Crippen LogP contribution < -0.4 is 5.32 Å². The Balaban J connectivity index is 2.28. The van der Waals surface area contributed by atoms with Crippen LogP contribution in [0.25, 0.3) is 0 Å². The Hall–Kier alpha value is -1.85. The fourth-order valence-corrected chi connectivity index (χ4v) is 2.01. The SMILES string of the molecule is O=C(Nc1cc(Cl)c(O)c(Cl)c1)c1cc(F)cc(F)c1. The lowest BCUT2D eigenvalue weighted by Gasteiger charge is -2.08. The summed E-state index contributed by atoms with van der Waals surface area (Å²) in [4.78, 5) is 11.8. The van der Waals surface area contributed by atoms with Crippen molar-refractivity contribution in [3.63, 3.8) is 0 Å². The average Bonchev–Trinajstić information content (AvgIpc) is 2.34. The molecule has 2 aromatic carbocycles. The summed E-state index contributed by atoms with van der Waals surface area (Å²) >= 11 is 11.4. The molecule has 0 aliphatic heterocycles. The van der Waals surface area contributed by atoms with Gasteiger partial charge in [0.2, 0.25) is 0 Å². The van der Waals surface area contributed by atoms with E-state index in [1.807, 2.05) is 0 Å². The van der Waals surface area contributed by atoms with Gasteiger partial charge in [0.25, 0.3) is 5.91 Å². The van der Waals surface area contributed by atoms with Gasteiger partial charge < -0.3 is 10.4 Å². The molecule has 0 aliphatic rings. The molecule has 0 atom stereocenters. The molecule has 7 heteroatoms. The van der Waals surface area contributed by atoms with Crippen LogP contribution in [-0.4, -0.2) is 11.0 Å². The first-order chi connectivity index (χ1) is 9.36. The summed E-state index contributed by atoms with van der Waals surface area (Å²) in [5.74, 6) is -2.78. The second-order valence-corrected chi connectivity index (χ2v) is 4.72. The van der Waals surface area contributed by atoms with Gasteiger partial charge in [0.15, 0.2) is 5.75 Å². The maximum absolute atomic E-state index is 13.0. The first-order valence-electron chi connectivity index (χ1n) is 5.32. The molecular formula is C13H7Cl2F2NO2. The Labute approximate surface area is 122 Å². The number of amides is 1. The van der Waals surface area contributed by atoms with E-state index in [1.165, 1.54) is 12.1 Å². The minimum absolute atomic E-state index is 0.0572. The molecule has 0 radical (unpaired) electrons. The summed E-state index contributed by atoms with van der Waals surface area (Å²) in [6, 6.07) is 4.96. The number of anilines is 1. The smallest absolute Gasteiger partial charge is 0.255 e. The van der Waals surface area contributed by atoms with Gasteiger partial charge in [-0.25, -0.2) is 8.78 Å². The first-order valence-corrected chi connectivity index (χ1v) is 6.08. The molecule has 0 saturated carbocycles. The van der Waals surface area contributed by atoms with Gasteiger partial charge in [-0.2, -0.15) is 0 Å². The third-order valence-corrected chi connectivity index (χ3v) is 2.98. The first kappa shape index (κ1) is 14.6. The Morgan fingerprint density at radius 2 is 1.50 bits per heavy atom. The second kappa shape index (κ2) is 5.64. The van der Waals surface area contributed by atoms with E-state index < -0.39 is 17.5 Å². The van der Waals surface area contributed by atoms with Crippen LogP contribution in [0.4, 0.5) is 14.5 Å². The maximum Gasteiger partial charge on any atom is 0.255 e. The van der Waals surface area contributed by atoms with Crippen molar-refractivity contribution in [2.75, 3.05) is 5.32 Å². The minimum Gasteiger partial charge on any atom is -0.505 e. The molecule has 1 amide bonds. The minimum atomic E-state index is -0.864. The lowest BCUT2D eigenvalue weighted by Crippen LogP contribution is -2.12. The van der Waals surface area contributed by atoms with Crippen LogP contribution in [0.1, 0.15) is 10.4 Å². The van der Waals surface area contributed by atoms with Gasteiger partial charge in [-0.3, -0.25) is 4.79 Å². The molecule has 2 N–H and O–H groups in total. The van der Waals surface area contributed by atoms with Crippen molar-refractivity contribution in [2.24, 2.45) is 0 Å². The van der Waals surface area contributed by atoms with Gasteiger partial charge in [0.1, 0.15) is 11.6 Å². The molecule has 0 heterocycles. The van der Waals surface area contributed by atoms with Crippen LogP contribution >= 0.6 is 23.2 Å². The molecule has 0 aromatic heterocycles. The number of carbonyl (C=O) groups is 1. The highest BCUT2D eigenvalue weighted by Gasteiger charge is 2.12. The lowest BCUT2D eigenvalue weighted by molar-refractivity contribution is 0.102. The van der Waals surface area contributed by atoms with E-state index in [9.17, 15) is 18.7 Å². The van der Waals surface area contributed by atoms with E-state index >= 15 is 0 Å². The molecule has 2 rings (SSSR count). The summed E-state index contributed by atoms with van der Waals surface area (Å²) in [7, 11) is 0. The average molecular weight is 318 g/mol. The summed E-state index contributed by atoms with van der Waals surface area (Å²) in [6.45, 7) is 0. The molecule has 20 heavy (non-hydrogen) atoms. The number of rotatable bonds is 2. The number of hydrogen-bond acceptors (Lipinski definition) is 2. The zero-order chi connectivity index (χ0) is 14.9. The van der Waals surface area contributed by atoms with Crippen LogP contribution in [0.2, 0.25) is 10.0 Å². The number of aromatic hydroxyl groups is 1. The van der Waals surface area contributed by atoms with Gasteiger partial charge in [0.05, 0.1) is 10.0 Å². The van der Waals surface area contributed by atoms with Gasteiger partial charge in [-0.05, 0) is 24.3 Å². The van der Waals surface area contributed by atoms with E-state index in [-0.39, 0.29) is 27.0 Å². The van der Waals surface area contributed by atoms with Gasteiger partial charge in [-0.15, -0.1) is 0 Å². The van der Waals surface area contributed by atoms with Crippen molar-refractivity contribution >= 4 is 34.8 Å². The molecule has 0 fully saturated rings. The predicted molar refractivity (Wildman–Crippen MR) is 72.4 cm³/mol. The molecule has 3 nitrogen and oxygen atoms in total. The van der Waals surface area contributed by atoms with E-state index in [4.69, 9.17) is 23.2 Å². The van der Waals surface area contributed by atoms with Crippen LogP contribution in [0.15, 0.2) is 30.3 Å². The molecule has 0 aliphatic carbocycles. The highest BCUT2D eigenvalue weighted by atomic mass is 35.5. The van der Waals surface area contributed by atoms with E-state index in [1.54, 1.807) is 0 Å². The van der Waals surface area contributed by atoms with Crippen molar-refractivity contribution < 1.29 is 18.7 Å². The monoisotopic (exact) mass is 317 g/mol. The number of hydrogen-bond donors (Lipinski definition) is 2. The van der Waals surface area contributed by atoms with Gasteiger partial charge >= 0.3 is 0 Å². The quantitative estimate of drug-likeness (QED) is 0.814. The summed E-state index contributed by atoms with van der Waals surface area (Å²) in [6.07, 6.45) is 0. The highest BCUT2D eigenvalue weighted by molar-refractivity contribution is 6.37. The van der Waals surface area contributed by atoms with Crippen LogP contribution in [-0.2, 0) is 0 Å². The maximum atomic E-state index is 13.0. The summed E-state index contributed by atoms with van der Waals surface area (Å²) in [5.41, 5.74) is -0.00436. The van der Waals surface area contributed by atoms with Crippen molar-refractivity contribution in [3.8, 4) is 5.75 Å². The van der Waals surface area contributed by atoms with Gasteiger partial charge in [-0.1, -0.05) is 23.2 Å². The van der Waals surface area contributed by atoms with Crippen LogP contribution in [0.3, 0.4) is 0 Å². The lowest BCUT2D eigenvalue weighted by atomic mass is 10.2. The topological polar surface area (TPSA) is 49.3 Å². The van der Waals surface area contributed by atoms with E-state index in [0.29, 0.717) is 6.07 Å². The number of halogens is 4. The molecule has 104 valence electrons. The summed E-state index contributed by atoms with van der Waals surface area (Å²) < 4.78 is 26.0. The normalized spacial score (nSPS) is 10.4. The molecular weight excluding hydrogens is 311 g/mol. The fraction of sp³-hybridized carbons (Fsp3) is 0. The standard InChI is InChI=1S/C13H7Cl2F2NO2/c14-10-4-9(5-11(15)12(10)19)18-13(20)6-1-7(16)3-8(17)2-6/h1-5,19H,(H,18,20). The highest BCUT2D eigenvalue weighted by Crippen LogP contribution is 2.34. The second-order valence-electron chi connectivity index (χ2n) is 3.90. The Morgan fingerprint density at radius 3 is 2.00 bits per heavy atom. The number of benzene rings is 2. The zero-order valence-electron chi connectivity index (χ0n) is 9.75. The van der Waals surface area contributed by atoms with E-state index in [2.05, 4.69) is 5.32 Å². The molecule has 0 bridgehead atoms. The Bertz CT molecular complexity index is 649. The van der Waals surface area contributed by atoms with Crippen molar-refractivity contribution in [2.45, 2.75) is 0 Å². The zero-order valence-corrected chi connectivity index (χ0v) is 11.3. The molecule has 0 saturated heterocycles. The molecule has 0 spiro atoms. The third kappa shape index (κ3) is 3.18. The largest absolute Gasteiger partial charge is 0.505 e. The number of nitrogens with one attached hydrogen (secondary N) is 1. The van der Waals surface area contributed by atoms with Crippen LogP contribution in [0.5, 0.6) is 5.75 Å². The predicted octanol–water partition coefficient (Wildman–Crippen LogP) is 4.23. The number of phenolic OH excluding ortho intramolecular Hbond substituents is 1. The van der Waals surface area contributed by atoms with Gasteiger partial charge in [0, 0.05) is 17.3 Å². The van der Waals surface area contributed by atoms with Crippen LogP contribution in [0, 0.1) is 11.6 Å². The summed E-state index contributed by atoms with van der Waals surface area (Å²) in [5, 5.41) is 11.6. The molecule has 0 unspecified atom stereocenters. The third-order valence-electron chi connectivity index (χ3n) is 2.40. The Kier molecular flexibility index (Phi) is 4.11. The van der Waals surface area contributed by atoms with E-state index in [0.717, 1.165) is 12.1 Å². The van der Waals surface area contributed by atoms with Crippen molar-refractivity contribution in [1.82, 2.24) is 0 Å². The number of phenols is 1. The number of carbonyl (C=O) groups excluding carboxylic acids is 1. The molecule has 2 aromatic rings. The Morgan fingerprint density at radius 1 is 1.00 bits per heavy atom. The fourth-order valence-electron chi connectivity index (χ4n) is 1.53.